The molecule has 2 unspecified atom stereocenters. The highest BCUT2D eigenvalue weighted by Gasteiger charge is 2.28. The van der Waals surface area contributed by atoms with Crippen LogP contribution in [-0.2, 0) is 0 Å². The molecule has 1 aromatic rings. The molecule has 0 saturated carbocycles. The molecular weight excluding hydrogens is 219 g/mol. The summed E-state index contributed by atoms with van der Waals surface area (Å²) in [6.07, 6.45) is 0.718. The average molecular weight is 238 g/mol. The molecule has 94 valence electrons. The fourth-order valence-electron chi connectivity index (χ4n) is 2.44. The minimum Gasteiger partial charge on any atom is -0.397 e. The number of piperidine rings is 1. The van der Waals surface area contributed by atoms with Gasteiger partial charge < -0.3 is 15.7 Å². The number of nitrogens with zero attached hydrogens (tertiary/aromatic N) is 1. The number of aliphatic hydroxyl groups excluding tert-OH is 1. The smallest absolute Gasteiger partial charge is 0.0898 e. The van der Waals surface area contributed by atoms with Crippen LogP contribution in [0.25, 0.3) is 0 Å². The Bertz CT molecular complexity index is 372. The van der Waals surface area contributed by atoms with E-state index in [9.17, 15) is 9.50 Å². The van der Waals surface area contributed by atoms with Crippen LogP contribution < -0.4 is 10.6 Å². The molecule has 0 aromatic heterocycles. The second-order valence-corrected chi connectivity index (χ2v) is 4.60. The lowest BCUT2D eigenvalue weighted by molar-refractivity contribution is 0.0795. The van der Waals surface area contributed by atoms with Gasteiger partial charge in [-0.1, -0.05) is 12.1 Å². The molecule has 0 spiro atoms. The zero-order chi connectivity index (χ0) is 12.3. The number of hydrogen-bond acceptors (Lipinski definition) is 3. The number of anilines is 2. The van der Waals surface area contributed by atoms with Gasteiger partial charge in [-0.05, 0) is 25.0 Å². The van der Waals surface area contributed by atoms with Crippen LogP contribution in [0.1, 0.15) is 12.8 Å². The van der Waals surface area contributed by atoms with Gasteiger partial charge in [0.25, 0.3) is 0 Å². The third-order valence-corrected chi connectivity index (χ3v) is 3.45. The largest absolute Gasteiger partial charge is 0.397 e. The molecular formula is C13H19FN2O. The fourth-order valence-corrected chi connectivity index (χ4v) is 2.44. The van der Waals surface area contributed by atoms with E-state index >= 15 is 0 Å². The quantitative estimate of drug-likeness (QED) is 0.790. The summed E-state index contributed by atoms with van der Waals surface area (Å²) in [5, 5.41) is 9.81. The first-order valence-electron chi connectivity index (χ1n) is 6.06. The van der Waals surface area contributed by atoms with E-state index in [4.69, 9.17) is 5.73 Å². The fraction of sp³-hybridized carbons (Fsp3) is 0.538. The number of para-hydroxylation sites is 2. The molecule has 1 aromatic carbocycles. The van der Waals surface area contributed by atoms with Crippen molar-refractivity contribution in [2.24, 2.45) is 5.92 Å². The van der Waals surface area contributed by atoms with E-state index in [1.165, 1.54) is 0 Å². The van der Waals surface area contributed by atoms with Crippen LogP contribution in [0.15, 0.2) is 24.3 Å². The van der Waals surface area contributed by atoms with Gasteiger partial charge in [0.2, 0.25) is 0 Å². The maximum Gasteiger partial charge on any atom is 0.0898 e. The molecule has 3 nitrogen and oxygen atoms in total. The number of hydrogen-bond donors (Lipinski definition) is 2. The highest BCUT2D eigenvalue weighted by Crippen LogP contribution is 2.29. The predicted octanol–water partition coefficient (Wildman–Crippen LogP) is 1.82. The Morgan fingerprint density at radius 3 is 2.88 bits per heavy atom. The van der Waals surface area contributed by atoms with Gasteiger partial charge in [0.15, 0.2) is 0 Å². The Balaban J connectivity index is 2.10. The number of nitrogens with two attached hydrogens (primary N) is 1. The lowest BCUT2D eigenvalue weighted by Crippen LogP contribution is -2.43. The molecule has 4 heteroatoms. The van der Waals surface area contributed by atoms with Crippen molar-refractivity contribution in [1.82, 2.24) is 0 Å². The first-order chi connectivity index (χ1) is 8.22. The molecule has 3 N–H and O–H groups in total. The summed E-state index contributed by atoms with van der Waals surface area (Å²) in [5.41, 5.74) is 7.66. The summed E-state index contributed by atoms with van der Waals surface area (Å²) in [4.78, 5) is 2.14. The number of alkyl halides is 1. The molecule has 0 bridgehead atoms. The summed E-state index contributed by atoms with van der Waals surface area (Å²) in [5.74, 6) is 0.00774. The van der Waals surface area contributed by atoms with E-state index in [0.717, 1.165) is 17.9 Å². The van der Waals surface area contributed by atoms with Crippen LogP contribution in [0, 0.1) is 5.92 Å². The van der Waals surface area contributed by atoms with Gasteiger partial charge in [0.1, 0.15) is 0 Å². The van der Waals surface area contributed by atoms with Gasteiger partial charge in [0, 0.05) is 19.0 Å². The number of halogens is 1. The van der Waals surface area contributed by atoms with Crippen LogP contribution in [0.2, 0.25) is 0 Å². The Kier molecular flexibility index (Phi) is 3.84. The Hall–Kier alpha value is -1.29. The normalized spacial score (nSPS) is 24.9. The molecule has 0 amide bonds. The summed E-state index contributed by atoms with van der Waals surface area (Å²) in [6, 6.07) is 7.68. The van der Waals surface area contributed by atoms with Gasteiger partial charge in [-0.25, -0.2) is 0 Å². The standard InChI is InChI=1S/C13H19FN2O/c14-7-5-10-9-16(8-6-13(10)17)12-4-2-1-3-11(12)15/h1-4,10,13,17H,5-9,15H2. The second-order valence-electron chi connectivity index (χ2n) is 4.60. The summed E-state index contributed by atoms with van der Waals surface area (Å²) in [6.45, 7) is 1.08. The molecule has 0 aliphatic carbocycles. The van der Waals surface area contributed by atoms with Crippen molar-refractivity contribution in [3.8, 4) is 0 Å². The zero-order valence-corrected chi connectivity index (χ0v) is 9.85. The van der Waals surface area contributed by atoms with Gasteiger partial charge in [-0.2, -0.15) is 0 Å². The Morgan fingerprint density at radius 2 is 2.18 bits per heavy atom. The minimum absolute atomic E-state index is 0.00774. The van der Waals surface area contributed by atoms with Crippen LogP contribution in [-0.4, -0.2) is 31.0 Å². The third kappa shape index (κ3) is 2.69. The van der Waals surface area contributed by atoms with E-state index in [2.05, 4.69) is 4.90 Å². The number of aliphatic hydroxyl groups is 1. The van der Waals surface area contributed by atoms with E-state index in [-0.39, 0.29) is 18.7 Å². The Morgan fingerprint density at radius 1 is 1.41 bits per heavy atom. The third-order valence-electron chi connectivity index (χ3n) is 3.45. The second kappa shape index (κ2) is 5.36. The van der Waals surface area contributed by atoms with Crippen molar-refractivity contribution in [3.05, 3.63) is 24.3 Å². The van der Waals surface area contributed by atoms with Crippen LogP contribution in [0.3, 0.4) is 0 Å². The zero-order valence-electron chi connectivity index (χ0n) is 9.85. The highest BCUT2D eigenvalue weighted by molar-refractivity contribution is 5.67. The van der Waals surface area contributed by atoms with Crippen LogP contribution >= 0.6 is 0 Å². The van der Waals surface area contributed by atoms with E-state index in [1.54, 1.807) is 0 Å². The topological polar surface area (TPSA) is 49.5 Å². The molecule has 1 heterocycles. The molecule has 1 saturated heterocycles. The predicted molar refractivity (Wildman–Crippen MR) is 67.8 cm³/mol. The highest BCUT2D eigenvalue weighted by atomic mass is 19.1. The summed E-state index contributed by atoms with van der Waals surface area (Å²) < 4.78 is 12.4. The molecule has 0 radical (unpaired) electrons. The van der Waals surface area contributed by atoms with E-state index < -0.39 is 0 Å². The van der Waals surface area contributed by atoms with Gasteiger partial charge in [-0.15, -0.1) is 0 Å². The maximum atomic E-state index is 12.4. The average Bonchev–Trinajstić information content (AvgIpc) is 2.33. The summed E-state index contributed by atoms with van der Waals surface area (Å²) in [7, 11) is 0. The van der Waals surface area contributed by atoms with E-state index in [0.29, 0.717) is 19.4 Å². The van der Waals surface area contributed by atoms with Crippen LogP contribution in [0.4, 0.5) is 15.8 Å². The molecule has 1 fully saturated rings. The first kappa shape index (κ1) is 12.2. The van der Waals surface area contributed by atoms with E-state index in [1.807, 2.05) is 24.3 Å². The number of nitrogen functional groups attached to an aromatic ring is 1. The van der Waals surface area contributed by atoms with Crippen molar-refractivity contribution in [2.45, 2.75) is 18.9 Å². The maximum absolute atomic E-state index is 12.4. The van der Waals surface area contributed by atoms with Crippen molar-refractivity contribution < 1.29 is 9.50 Å². The van der Waals surface area contributed by atoms with Gasteiger partial charge in [0.05, 0.1) is 24.2 Å². The Labute approximate surface area is 101 Å². The van der Waals surface area contributed by atoms with Gasteiger partial charge in [-0.3, -0.25) is 4.39 Å². The van der Waals surface area contributed by atoms with Crippen molar-refractivity contribution in [2.75, 3.05) is 30.4 Å². The number of benzene rings is 1. The molecule has 2 rings (SSSR count). The van der Waals surface area contributed by atoms with Crippen LogP contribution in [0.5, 0.6) is 0 Å². The molecule has 1 aliphatic heterocycles. The monoisotopic (exact) mass is 238 g/mol. The lowest BCUT2D eigenvalue weighted by atomic mass is 9.92. The molecule has 1 aliphatic rings. The van der Waals surface area contributed by atoms with Crippen molar-refractivity contribution >= 4 is 11.4 Å². The SMILES string of the molecule is Nc1ccccc1N1CCC(O)C(CCF)C1. The summed E-state index contributed by atoms with van der Waals surface area (Å²) >= 11 is 0. The molecule has 2 atom stereocenters. The van der Waals surface area contributed by atoms with Crippen molar-refractivity contribution in [1.29, 1.82) is 0 Å². The lowest BCUT2D eigenvalue weighted by Gasteiger charge is -2.37. The van der Waals surface area contributed by atoms with Gasteiger partial charge >= 0.3 is 0 Å². The first-order valence-corrected chi connectivity index (χ1v) is 6.06. The minimum atomic E-state index is -0.382. The molecule has 17 heavy (non-hydrogen) atoms. The number of rotatable bonds is 3. The van der Waals surface area contributed by atoms with Crippen molar-refractivity contribution in [3.63, 3.8) is 0 Å².